The van der Waals surface area contributed by atoms with E-state index in [1.54, 1.807) is 37.4 Å². The van der Waals surface area contributed by atoms with Gasteiger partial charge in [-0.3, -0.25) is 4.79 Å². The summed E-state index contributed by atoms with van der Waals surface area (Å²) in [5, 5.41) is 12.1. The van der Waals surface area contributed by atoms with Gasteiger partial charge in [0.05, 0.1) is 11.9 Å². The number of aryl methyl sites for hydroxylation is 1. The Hall–Kier alpha value is -1.88. The highest BCUT2D eigenvalue weighted by molar-refractivity contribution is 9.10. The summed E-state index contributed by atoms with van der Waals surface area (Å²) in [6, 6.07) is 8.21. The van der Waals surface area contributed by atoms with E-state index in [0.717, 1.165) is 0 Å². The van der Waals surface area contributed by atoms with Crippen LogP contribution >= 0.6 is 15.9 Å². The first kappa shape index (κ1) is 12.6. The van der Waals surface area contributed by atoms with Gasteiger partial charge in [0.1, 0.15) is 10.4 Å². The van der Waals surface area contributed by atoms with Crippen molar-refractivity contribution in [3.05, 3.63) is 52.3 Å². The van der Waals surface area contributed by atoms with Crippen LogP contribution in [0.3, 0.4) is 0 Å². The molecule has 1 amide bonds. The smallest absolute Gasteiger partial charge is 0.255 e. The van der Waals surface area contributed by atoms with Gasteiger partial charge in [-0.05, 0) is 58.7 Å². The van der Waals surface area contributed by atoms with E-state index in [2.05, 4.69) is 26.2 Å². The van der Waals surface area contributed by atoms with Crippen LogP contribution in [0.4, 0.5) is 5.69 Å². The molecule has 0 unspecified atom stereocenters. The monoisotopic (exact) mass is 306 g/mol. The number of nitrogens with one attached hydrogen (secondary N) is 1. The van der Waals surface area contributed by atoms with Crippen molar-refractivity contribution in [3.8, 4) is 5.75 Å². The van der Waals surface area contributed by atoms with Crippen molar-refractivity contribution in [1.82, 2.24) is 4.98 Å². The van der Waals surface area contributed by atoms with E-state index < -0.39 is 0 Å². The molecule has 0 aliphatic carbocycles. The summed E-state index contributed by atoms with van der Waals surface area (Å²) in [4.78, 5) is 15.9. The quantitative estimate of drug-likeness (QED) is 0.838. The first-order valence-electron chi connectivity index (χ1n) is 5.29. The average Bonchev–Trinajstić information content (AvgIpc) is 2.35. The number of rotatable bonds is 2. The molecule has 1 aromatic heterocycles. The van der Waals surface area contributed by atoms with E-state index >= 15 is 0 Å². The number of aromatic nitrogens is 1. The van der Waals surface area contributed by atoms with Crippen molar-refractivity contribution in [2.75, 3.05) is 5.32 Å². The van der Waals surface area contributed by atoms with Crippen molar-refractivity contribution >= 4 is 27.5 Å². The average molecular weight is 307 g/mol. The number of anilines is 1. The number of benzene rings is 1. The molecule has 1 heterocycles. The number of phenolic OH excluding ortho intramolecular Hbond substituents is 1. The minimum absolute atomic E-state index is 0.178. The van der Waals surface area contributed by atoms with Gasteiger partial charge in [-0.15, -0.1) is 0 Å². The van der Waals surface area contributed by atoms with Gasteiger partial charge >= 0.3 is 0 Å². The number of carbonyl (C=O) groups excluding carboxylic acids is 1. The highest BCUT2D eigenvalue weighted by Crippen LogP contribution is 2.18. The Morgan fingerprint density at radius 3 is 2.72 bits per heavy atom. The number of phenols is 1. The van der Waals surface area contributed by atoms with E-state index in [0.29, 0.717) is 21.4 Å². The van der Waals surface area contributed by atoms with Gasteiger partial charge < -0.3 is 10.4 Å². The summed E-state index contributed by atoms with van der Waals surface area (Å²) >= 11 is 3.22. The van der Waals surface area contributed by atoms with Crippen molar-refractivity contribution in [2.45, 2.75) is 6.92 Å². The Morgan fingerprint density at radius 1 is 1.33 bits per heavy atom. The molecule has 2 N–H and O–H groups in total. The summed E-state index contributed by atoms with van der Waals surface area (Å²) in [6.07, 6.45) is 1.56. The zero-order chi connectivity index (χ0) is 13.1. The molecule has 0 bridgehead atoms. The number of amides is 1. The topological polar surface area (TPSA) is 62.2 Å². The minimum atomic E-state index is -0.234. The highest BCUT2D eigenvalue weighted by atomic mass is 79.9. The molecule has 0 aliphatic rings. The molecule has 0 saturated carbocycles. The van der Waals surface area contributed by atoms with Gasteiger partial charge in [-0.2, -0.15) is 0 Å². The standard InChI is InChI=1S/C13H11BrN2O2/c1-8-6-9(2-4-11(8)17)13(18)16-10-3-5-12(14)15-7-10/h2-7,17H,1H3,(H,16,18). The predicted octanol–water partition coefficient (Wildman–Crippen LogP) is 3.11. The van der Waals surface area contributed by atoms with E-state index in [1.807, 2.05) is 0 Å². The lowest BCUT2D eigenvalue weighted by atomic mass is 10.1. The van der Waals surface area contributed by atoms with Crippen LogP contribution < -0.4 is 5.32 Å². The molecule has 92 valence electrons. The number of pyridine rings is 1. The third-order valence-electron chi connectivity index (χ3n) is 2.44. The van der Waals surface area contributed by atoms with Gasteiger partial charge in [0, 0.05) is 5.56 Å². The summed E-state index contributed by atoms with van der Waals surface area (Å²) in [6.45, 7) is 1.74. The minimum Gasteiger partial charge on any atom is -0.508 e. The second-order valence-corrected chi connectivity index (χ2v) is 4.64. The fraction of sp³-hybridized carbons (Fsp3) is 0.0769. The molecular weight excluding hydrogens is 296 g/mol. The van der Waals surface area contributed by atoms with Crippen LogP contribution in [0, 0.1) is 6.92 Å². The predicted molar refractivity (Wildman–Crippen MR) is 72.7 cm³/mol. The maximum Gasteiger partial charge on any atom is 0.255 e. The molecule has 0 spiro atoms. The van der Waals surface area contributed by atoms with Crippen LogP contribution in [-0.4, -0.2) is 16.0 Å². The number of nitrogens with zero attached hydrogens (tertiary/aromatic N) is 1. The second-order valence-electron chi connectivity index (χ2n) is 3.82. The molecule has 0 aliphatic heterocycles. The van der Waals surface area contributed by atoms with E-state index in [-0.39, 0.29) is 11.7 Å². The molecule has 18 heavy (non-hydrogen) atoms. The third kappa shape index (κ3) is 2.87. The lowest BCUT2D eigenvalue weighted by molar-refractivity contribution is 0.102. The van der Waals surface area contributed by atoms with Crippen molar-refractivity contribution in [2.24, 2.45) is 0 Å². The van der Waals surface area contributed by atoms with Crippen LogP contribution in [0.25, 0.3) is 0 Å². The summed E-state index contributed by atoms with van der Waals surface area (Å²) in [5.74, 6) is -0.0564. The Labute approximate surface area is 113 Å². The van der Waals surface area contributed by atoms with E-state index in [9.17, 15) is 9.90 Å². The first-order valence-corrected chi connectivity index (χ1v) is 6.08. The first-order chi connectivity index (χ1) is 8.56. The largest absolute Gasteiger partial charge is 0.508 e. The Morgan fingerprint density at radius 2 is 2.11 bits per heavy atom. The number of aromatic hydroxyl groups is 1. The Balaban J connectivity index is 2.16. The lowest BCUT2D eigenvalue weighted by Crippen LogP contribution is -2.12. The fourth-order valence-corrected chi connectivity index (χ4v) is 1.68. The number of hydrogen-bond donors (Lipinski definition) is 2. The SMILES string of the molecule is Cc1cc(C(=O)Nc2ccc(Br)nc2)ccc1O. The third-order valence-corrected chi connectivity index (χ3v) is 2.91. The number of hydrogen-bond acceptors (Lipinski definition) is 3. The normalized spacial score (nSPS) is 10.1. The zero-order valence-electron chi connectivity index (χ0n) is 9.64. The van der Waals surface area contributed by atoms with Crippen LogP contribution in [-0.2, 0) is 0 Å². The molecule has 1 aromatic carbocycles. The van der Waals surface area contributed by atoms with Crippen LogP contribution in [0.1, 0.15) is 15.9 Å². The van der Waals surface area contributed by atoms with Crippen molar-refractivity contribution in [3.63, 3.8) is 0 Å². The molecule has 4 nitrogen and oxygen atoms in total. The van der Waals surface area contributed by atoms with Gasteiger partial charge in [-0.1, -0.05) is 0 Å². The molecule has 0 fully saturated rings. The molecule has 2 rings (SSSR count). The van der Waals surface area contributed by atoms with Crippen molar-refractivity contribution in [1.29, 1.82) is 0 Å². The van der Waals surface area contributed by atoms with Gasteiger partial charge in [0.25, 0.3) is 5.91 Å². The van der Waals surface area contributed by atoms with E-state index in [4.69, 9.17) is 0 Å². The van der Waals surface area contributed by atoms with Gasteiger partial charge in [-0.25, -0.2) is 4.98 Å². The van der Waals surface area contributed by atoms with Crippen LogP contribution in [0.2, 0.25) is 0 Å². The molecule has 0 saturated heterocycles. The zero-order valence-corrected chi connectivity index (χ0v) is 11.2. The van der Waals surface area contributed by atoms with Gasteiger partial charge in [0.15, 0.2) is 0 Å². The maximum atomic E-state index is 11.9. The molecule has 2 aromatic rings. The Kier molecular flexibility index (Phi) is 3.62. The van der Waals surface area contributed by atoms with Gasteiger partial charge in [0.2, 0.25) is 0 Å². The lowest BCUT2D eigenvalue weighted by Gasteiger charge is -2.06. The maximum absolute atomic E-state index is 11.9. The Bertz CT molecular complexity index is 582. The molecule has 0 radical (unpaired) electrons. The van der Waals surface area contributed by atoms with Crippen LogP contribution in [0.5, 0.6) is 5.75 Å². The summed E-state index contributed by atoms with van der Waals surface area (Å²) in [7, 11) is 0. The summed E-state index contributed by atoms with van der Waals surface area (Å²) < 4.78 is 0.709. The van der Waals surface area contributed by atoms with E-state index in [1.165, 1.54) is 6.07 Å². The van der Waals surface area contributed by atoms with Crippen molar-refractivity contribution < 1.29 is 9.90 Å². The fourth-order valence-electron chi connectivity index (χ4n) is 1.45. The number of carbonyl (C=O) groups is 1. The highest BCUT2D eigenvalue weighted by Gasteiger charge is 2.07. The molecular formula is C13H11BrN2O2. The summed E-state index contributed by atoms with van der Waals surface area (Å²) in [5.41, 5.74) is 1.78. The second kappa shape index (κ2) is 5.18. The molecule has 0 atom stereocenters. The van der Waals surface area contributed by atoms with Crippen LogP contribution in [0.15, 0.2) is 41.1 Å². The molecule has 5 heteroatoms. The number of halogens is 1.